The maximum absolute atomic E-state index is 8.78. The molecule has 4 heteroatoms. The lowest BCUT2D eigenvalue weighted by Gasteiger charge is -2.25. The quantitative estimate of drug-likeness (QED) is 0.754. The molecule has 1 aliphatic rings. The zero-order valence-corrected chi connectivity index (χ0v) is 9.62. The van der Waals surface area contributed by atoms with E-state index in [4.69, 9.17) is 14.6 Å². The zero-order chi connectivity index (χ0) is 11.6. The fourth-order valence-corrected chi connectivity index (χ4v) is 1.79. The summed E-state index contributed by atoms with van der Waals surface area (Å²) in [6, 6.07) is 5.96. The minimum Gasteiger partial charge on any atom is -0.454 e. The summed E-state index contributed by atoms with van der Waals surface area (Å²) in [5.74, 6) is 1.60. The molecule has 1 aromatic carbocycles. The Kier molecular flexibility index (Phi) is 3.03. The minimum atomic E-state index is -0.0519. The Morgan fingerprint density at radius 2 is 2.06 bits per heavy atom. The first-order valence-corrected chi connectivity index (χ1v) is 5.35. The smallest absolute Gasteiger partial charge is 0.231 e. The molecular formula is C12H17NO3. The average Bonchev–Trinajstić information content (AvgIpc) is 2.73. The van der Waals surface area contributed by atoms with E-state index >= 15 is 0 Å². The number of rotatable bonds is 4. The summed E-state index contributed by atoms with van der Waals surface area (Å²) in [5, 5.41) is 11.7. The number of aliphatic hydroxyl groups is 1. The molecule has 0 aromatic heterocycles. The van der Waals surface area contributed by atoms with E-state index in [1.165, 1.54) is 0 Å². The molecule has 0 spiro atoms. The average molecular weight is 223 g/mol. The first-order valence-electron chi connectivity index (χ1n) is 5.35. The van der Waals surface area contributed by atoms with Crippen LogP contribution in [0.5, 0.6) is 11.5 Å². The third-order valence-electron chi connectivity index (χ3n) is 2.83. The van der Waals surface area contributed by atoms with E-state index in [1.807, 2.05) is 18.2 Å². The summed E-state index contributed by atoms with van der Waals surface area (Å²) in [4.78, 5) is 0. The number of hydrogen-bond acceptors (Lipinski definition) is 4. The van der Waals surface area contributed by atoms with E-state index in [0.717, 1.165) is 17.1 Å². The van der Waals surface area contributed by atoms with Crippen molar-refractivity contribution in [3.63, 3.8) is 0 Å². The number of ether oxygens (including phenoxy) is 2. The third kappa shape index (κ3) is 2.13. The van der Waals surface area contributed by atoms with Gasteiger partial charge in [0, 0.05) is 12.0 Å². The van der Waals surface area contributed by atoms with E-state index in [1.54, 1.807) is 0 Å². The maximum atomic E-state index is 8.78. The third-order valence-corrected chi connectivity index (χ3v) is 2.83. The molecule has 0 saturated carbocycles. The van der Waals surface area contributed by atoms with E-state index in [9.17, 15) is 0 Å². The zero-order valence-electron chi connectivity index (χ0n) is 9.62. The van der Waals surface area contributed by atoms with Crippen LogP contribution in [0.1, 0.15) is 19.4 Å². The molecule has 0 radical (unpaired) electrons. The normalized spacial score (nSPS) is 14.2. The fourth-order valence-electron chi connectivity index (χ4n) is 1.79. The van der Waals surface area contributed by atoms with Gasteiger partial charge in [-0.2, -0.15) is 0 Å². The van der Waals surface area contributed by atoms with Gasteiger partial charge in [-0.15, -0.1) is 0 Å². The van der Waals surface area contributed by atoms with Gasteiger partial charge < -0.3 is 14.6 Å². The van der Waals surface area contributed by atoms with Crippen molar-refractivity contribution < 1.29 is 14.6 Å². The first kappa shape index (κ1) is 11.2. The van der Waals surface area contributed by atoms with Gasteiger partial charge in [0.1, 0.15) is 0 Å². The molecule has 0 saturated heterocycles. The Labute approximate surface area is 95.2 Å². The largest absolute Gasteiger partial charge is 0.454 e. The summed E-state index contributed by atoms with van der Waals surface area (Å²) in [7, 11) is 0. The van der Waals surface area contributed by atoms with Crippen molar-refractivity contribution in [2.45, 2.75) is 19.3 Å². The molecule has 0 amide bonds. The number of nitrogens with one attached hydrogen (secondary N) is 1. The van der Waals surface area contributed by atoms with Crippen LogP contribution in [-0.4, -0.2) is 25.2 Å². The van der Waals surface area contributed by atoms with Crippen LogP contribution in [0.15, 0.2) is 18.2 Å². The van der Waals surface area contributed by atoms with Gasteiger partial charge in [0.15, 0.2) is 11.5 Å². The van der Waals surface area contributed by atoms with Gasteiger partial charge in [-0.1, -0.05) is 19.9 Å². The van der Waals surface area contributed by atoms with Crippen LogP contribution in [-0.2, 0) is 5.41 Å². The Bertz CT molecular complexity index is 377. The van der Waals surface area contributed by atoms with Gasteiger partial charge in [0.05, 0.1) is 6.73 Å². The highest BCUT2D eigenvalue weighted by Crippen LogP contribution is 2.36. The van der Waals surface area contributed by atoms with Crippen molar-refractivity contribution in [2.75, 3.05) is 20.1 Å². The maximum Gasteiger partial charge on any atom is 0.231 e. The van der Waals surface area contributed by atoms with Gasteiger partial charge in [-0.05, 0) is 17.7 Å². The molecule has 0 aliphatic carbocycles. The lowest BCUT2D eigenvalue weighted by molar-refractivity contribution is 0.174. The standard InChI is InChI=1S/C12H17NO3/c1-12(2,6-13-7-14)9-3-4-10-11(5-9)16-8-15-10/h3-5,13-14H,6-8H2,1-2H3. The molecule has 1 aromatic rings. The minimum absolute atomic E-state index is 0.00597. The van der Waals surface area contributed by atoms with Gasteiger partial charge >= 0.3 is 0 Å². The van der Waals surface area contributed by atoms with Crippen molar-refractivity contribution in [1.82, 2.24) is 5.32 Å². The molecule has 2 N–H and O–H groups in total. The van der Waals surface area contributed by atoms with Gasteiger partial charge in [0.2, 0.25) is 6.79 Å². The number of hydrogen-bond donors (Lipinski definition) is 2. The second kappa shape index (κ2) is 4.31. The van der Waals surface area contributed by atoms with Crippen molar-refractivity contribution >= 4 is 0 Å². The van der Waals surface area contributed by atoms with Crippen molar-refractivity contribution in [2.24, 2.45) is 0 Å². The SMILES string of the molecule is CC(C)(CNCO)c1ccc2c(c1)OCO2. The molecule has 0 atom stereocenters. The molecule has 4 nitrogen and oxygen atoms in total. The lowest BCUT2D eigenvalue weighted by Crippen LogP contribution is -2.33. The van der Waals surface area contributed by atoms with Crippen molar-refractivity contribution in [3.8, 4) is 11.5 Å². The molecule has 2 rings (SSSR count). The number of benzene rings is 1. The summed E-state index contributed by atoms with van der Waals surface area (Å²) >= 11 is 0. The summed E-state index contributed by atoms with van der Waals surface area (Å²) in [5.41, 5.74) is 1.11. The highest BCUT2D eigenvalue weighted by Gasteiger charge is 2.23. The summed E-state index contributed by atoms with van der Waals surface area (Å²) < 4.78 is 10.6. The fraction of sp³-hybridized carbons (Fsp3) is 0.500. The van der Waals surface area contributed by atoms with Gasteiger partial charge in [0.25, 0.3) is 0 Å². The highest BCUT2D eigenvalue weighted by molar-refractivity contribution is 5.46. The van der Waals surface area contributed by atoms with Crippen LogP contribution < -0.4 is 14.8 Å². The Hall–Kier alpha value is -1.26. The van der Waals surface area contributed by atoms with Crippen molar-refractivity contribution in [1.29, 1.82) is 0 Å². The highest BCUT2D eigenvalue weighted by atomic mass is 16.7. The van der Waals surface area contributed by atoms with Gasteiger partial charge in [-0.3, -0.25) is 5.32 Å². The van der Waals surface area contributed by atoms with Crippen molar-refractivity contribution in [3.05, 3.63) is 23.8 Å². The monoisotopic (exact) mass is 223 g/mol. The molecule has 1 aliphatic heterocycles. The molecular weight excluding hydrogens is 206 g/mol. The van der Waals surface area contributed by atoms with Crippen LogP contribution in [0, 0.1) is 0 Å². The Balaban J connectivity index is 2.20. The molecule has 0 unspecified atom stereocenters. The second-order valence-electron chi connectivity index (χ2n) is 4.54. The van der Waals surface area contributed by atoms with Crippen LogP contribution in [0.4, 0.5) is 0 Å². The van der Waals surface area contributed by atoms with Crippen LogP contribution in [0.2, 0.25) is 0 Å². The topological polar surface area (TPSA) is 50.7 Å². The number of fused-ring (bicyclic) bond motifs is 1. The van der Waals surface area contributed by atoms with Gasteiger partial charge in [-0.25, -0.2) is 0 Å². The second-order valence-corrected chi connectivity index (χ2v) is 4.54. The molecule has 0 fully saturated rings. The molecule has 16 heavy (non-hydrogen) atoms. The summed E-state index contributed by atoms with van der Waals surface area (Å²) in [6.07, 6.45) is 0. The Morgan fingerprint density at radius 1 is 1.31 bits per heavy atom. The van der Waals surface area contributed by atoms with E-state index < -0.39 is 0 Å². The lowest BCUT2D eigenvalue weighted by atomic mass is 9.84. The van der Waals surface area contributed by atoms with Crippen LogP contribution in [0.3, 0.4) is 0 Å². The van der Waals surface area contributed by atoms with E-state index in [0.29, 0.717) is 13.3 Å². The molecule has 88 valence electrons. The van der Waals surface area contributed by atoms with E-state index in [-0.39, 0.29) is 12.1 Å². The molecule has 0 bridgehead atoms. The number of aliphatic hydroxyl groups excluding tert-OH is 1. The first-order chi connectivity index (χ1) is 7.63. The summed E-state index contributed by atoms with van der Waals surface area (Å²) in [6.45, 7) is 5.24. The predicted octanol–water partition coefficient (Wildman–Crippen LogP) is 1.23. The van der Waals surface area contributed by atoms with E-state index in [2.05, 4.69) is 19.2 Å². The van der Waals surface area contributed by atoms with Crippen LogP contribution >= 0.6 is 0 Å². The predicted molar refractivity (Wildman–Crippen MR) is 60.7 cm³/mol. The molecule has 1 heterocycles. The van der Waals surface area contributed by atoms with Crippen LogP contribution in [0.25, 0.3) is 0 Å². The Morgan fingerprint density at radius 3 is 2.81 bits per heavy atom.